The minimum absolute atomic E-state index is 0.0114. The number of phenolic OH excluding ortho intramolecular Hbond substituents is 1. The fraction of sp³-hybridized carbons (Fsp3) is 0.364. The van der Waals surface area contributed by atoms with Crippen molar-refractivity contribution in [3.05, 3.63) is 23.8 Å². The van der Waals surface area contributed by atoms with E-state index in [0.717, 1.165) is 0 Å². The van der Waals surface area contributed by atoms with Gasteiger partial charge in [0.1, 0.15) is 11.5 Å². The molecule has 0 amide bonds. The summed E-state index contributed by atoms with van der Waals surface area (Å²) < 4.78 is 4.99. The van der Waals surface area contributed by atoms with E-state index < -0.39 is 0 Å². The van der Waals surface area contributed by atoms with E-state index in [2.05, 4.69) is 0 Å². The van der Waals surface area contributed by atoms with Crippen molar-refractivity contribution in [1.29, 1.82) is 0 Å². The van der Waals surface area contributed by atoms with Gasteiger partial charge in [-0.3, -0.25) is 4.79 Å². The Morgan fingerprint density at radius 1 is 1.47 bits per heavy atom. The fourth-order valence-corrected chi connectivity index (χ4v) is 1.24. The number of hydrogen-bond acceptors (Lipinski definition) is 4. The summed E-state index contributed by atoms with van der Waals surface area (Å²) in [7, 11) is 5.12. The van der Waals surface area contributed by atoms with Gasteiger partial charge in [0.25, 0.3) is 0 Å². The Hall–Kier alpha value is -1.55. The standard InChI is InChI=1S/C11H15NO3/c1-12(2)7-11(14)9-6-8(15-3)4-5-10(9)13/h4-6,13H,7H2,1-3H3. The quantitative estimate of drug-likeness (QED) is 0.756. The molecule has 0 spiro atoms. The molecule has 82 valence electrons. The molecule has 1 aromatic carbocycles. The molecular formula is C11H15NO3. The van der Waals surface area contributed by atoms with Gasteiger partial charge >= 0.3 is 0 Å². The maximum Gasteiger partial charge on any atom is 0.180 e. The van der Waals surface area contributed by atoms with Crippen LogP contribution in [0, 0.1) is 0 Å². The molecule has 0 unspecified atom stereocenters. The second kappa shape index (κ2) is 4.79. The van der Waals surface area contributed by atoms with Crippen molar-refractivity contribution in [3.63, 3.8) is 0 Å². The average Bonchev–Trinajstić information content (AvgIpc) is 2.17. The lowest BCUT2D eigenvalue weighted by Gasteiger charge is -2.10. The zero-order chi connectivity index (χ0) is 11.4. The lowest BCUT2D eigenvalue weighted by Crippen LogP contribution is -2.21. The van der Waals surface area contributed by atoms with E-state index in [0.29, 0.717) is 11.3 Å². The molecule has 1 N–H and O–H groups in total. The molecule has 0 fully saturated rings. The Balaban J connectivity index is 2.96. The van der Waals surface area contributed by atoms with Gasteiger partial charge in [-0.15, -0.1) is 0 Å². The molecule has 0 saturated heterocycles. The van der Waals surface area contributed by atoms with Crippen LogP contribution in [0.2, 0.25) is 0 Å². The van der Waals surface area contributed by atoms with Crippen LogP contribution in [0.5, 0.6) is 11.5 Å². The van der Waals surface area contributed by atoms with Gasteiger partial charge in [0.15, 0.2) is 5.78 Å². The number of nitrogens with zero attached hydrogens (tertiary/aromatic N) is 1. The largest absolute Gasteiger partial charge is 0.507 e. The van der Waals surface area contributed by atoms with E-state index in [4.69, 9.17) is 4.74 Å². The number of rotatable bonds is 4. The maximum absolute atomic E-state index is 11.7. The Morgan fingerprint density at radius 3 is 2.67 bits per heavy atom. The van der Waals surface area contributed by atoms with Crippen LogP contribution in [0.4, 0.5) is 0 Å². The Bertz CT molecular complexity index is 361. The van der Waals surface area contributed by atoms with Crippen molar-refractivity contribution in [2.24, 2.45) is 0 Å². The zero-order valence-electron chi connectivity index (χ0n) is 9.15. The van der Waals surface area contributed by atoms with Crippen molar-refractivity contribution in [2.45, 2.75) is 0 Å². The summed E-state index contributed by atoms with van der Waals surface area (Å²) in [4.78, 5) is 13.4. The molecule has 0 saturated carbocycles. The minimum atomic E-state index is -0.128. The van der Waals surface area contributed by atoms with Crippen LogP contribution < -0.4 is 4.74 Å². The molecule has 0 heterocycles. The average molecular weight is 209 g/mol. The Morgan fingerprint density at radius 2 is 2.13 bits per heavy atom. The summed E-state index contributed by atoms with van der Waals surface area (Å²) in [5, 5.41) is 9.52. The first-order chi connectivity index (χ1) is 7.04. The monoisotopic (exact) mass is 209 g/mol. The third-order valence-electron chi connectivity index (χ3n) is 1.96. The van der Waals surface area contributed by atoms with Gasteiger partial charge in [0.2, 0.25) is 0 Å². The molecule has 15 heavy (non-hydrogen) atoms. The predicted octanol–water partition coefficient (Wildman–Crippen LogP) is 1.15. The third kappa shape index (κ3) is 2.95. The molecule has 0 radical (unpaired) electrons. The zero-order valence-corrected chi connectivity index (χ0v) is 9.15. The summed E-state index contributed by atoms with van der Waals surface area (Å²) in [6.07, 6.45) is 0. The molecule has 0 atom stereocenters. The van der Waals surface area contributed by atoms with Crippen LogP contribution in [0.3, 0.4) is 0 Å². The van der Waals surface area contributed by atoms with Gasteiger partial charge in [-0.05, 0) is 32.3 Å². The van der Waals surface area contributed by atoms with Gasteiger partial charge < -0.3 is 14.7 Å². The SMILES string of the molecule is COc1ccc(O)c(C(=O)CN(C)C)c1. The van der Waals surface area contributed by atoms with Crippen LogP contribution in [-0.2, 0) is 0 Å². The molecule has 4 nitrogen and oxygen atoms in total. The van der Waals surface area contributed by atoms with Crippen molar-refractivity contribution >= 4 is 5.78 Å². The molecule has 0 aliphatic carbocycles. The minimum Gasteiger partial charge on any atom is -0.507 e. The first-order valence-electron chi connectivity index (χ1n) is 4.59. The van der Waals surface area contributed by atoms with Crippen LogP contribution in [-0.4, -0.2) is 43.5 Å². The number of likely N-dealkylation sites (N-methyl/N-ethyl adjacent to an activating group) is 1. The predicted molar refractivity (Wildman–Crippen MR) is 57.5 cm³/mol. The summed E-state index contributed by atoms with van der Waals surface area (Å²) in [6.45, 7) is 0.265. The number of phenols is 1. The molecule has 4 heteroatoms. The number of carbonyl (C=O) groups excluding carboxylic acids is 1. The topological polar surface area (TPSA) is 49.8 Å². The second-order valence-electron chi connectivity index (χ2n) is 3.54. The van der Waals surface area contributed by atoms with E-state index in [1.165, 1.54) is 13.2 Å². The number of benzene rings is 1. The van der Waals surface area contributed by atoms with Gasteiger partial charge in [0.05, 0.1) is 19.2 Å². The number of ether oxygens (including phenoxy) is 1. The van der Waals surface area contributed by atoms with E-state index in [1.807, 2.05) is 0 Å². The number of methoxy groups -OCH3 is 1. The number of aromatic hydroxyl groups is 1. The fourth-order valence-electron chi connectivity index (χ4n) is 1.24. The smallest absolute Gasteiger partial charge is 0.180 e. The van der Waals surface area contributed by atoms with Crippen LogP contribution >= 0.6 is 0 Å². The molecule has 1 aromatic rings. The Kier molecular flexibility index (Phi) is 3.68. The summed E-state index contributed by atoms with van der Waals surface area (Å²) >= 11 is 0. The molecule has 0 aromatic heterocycles. The highest BCUT2D eigenvalue weighted by molar-refractivity contribution is 6.00. The van der Waals surface area contributed by atoms with Crippen molar-refractivity contribution in [2.75, 3.05) is 27.7 Å². The van der Waals surface area contributed by atoms with Gasteiger partial charge in [-0.25, -0.2) is 0 Å². The summed E-state index contributed by atoms with van der Waals surface area (Å²) in [5.41, 5.74) is 0.294. The van der Waals surface area contributed by atoms with E-state index >= 15 is 0 Å². The van der Waals surface area contributed by atoms with E-state index in [1.54, 1.807) is 31.1 Å². The molecular weight excluding hydrogens is 194 g/mol. The Labute approximate surface area is 89.1 Å². The van der Waals surface area contributed by atoms with E-state index in [-0.39, 0.29) is 18.1 Å². The second-order valence-corrected chi connectivity index (χ2v) is 3.54. The molecule has 1 rings (SSSR count). The maximum atomic E-state index is 11.7. The summed E-state index contributed by atoms with van der Waals surface area (Å²) in [6, 6.07) is 4.62. The highest BCUT2D eigenvalue weighted by Gasteiger charge is 2.12. The van der Waals surface area contributed by atoms with Gasteiger partial charge in [0, 0.05) is 0 Å². The first-order valence-corrected chi connectivity index (χ1v) is 4.59. The number of hydrogen-bond donors (Lipinski definition) is 1. The molecule has 0 aliphatic heterocycles. The molecule has 0 bridgehead atoms. The lowest BCUT2D eigenvalue weighted by molar-refractivity contribution is 0.0955. The highest BCUT2D eigenvalue weighted by atomic mass is 16.5. The third-order valence-corrected chi connectivity index (χ3v) is 1.96. The number of Topliss-reactive ketones (excluding diaryl/α,β-unsaturated/α-hetero) is 1. The lowest BCUT2D eigenvalue weighted by atomic mass is 10.1. The van der Waals surface area contributed by atoms with Crippen LogP contribution in [0.1, 0.15) is 10.4 Å². The first kappa shape index (κ1) is 11.5. The normalized spacial score (nSPS) is 10.4. The van der Waals surface area contributed by atoms with Gasteiger partial charge in [-0.2, -0.15) is 0 Å². The van der Waals surface area contributed by atoms with E-state index in [9.17, 15) is 9.90 Å². The van der Waals surface area contributed by atoms with Crippen molar-refractivity contribution in [1.82, 2.24) is 4.90 Å². The highest BCUT2D eigenvalue weighted by Crippen LogP contribution is 2.23. The van der Waals surface area contributed by atoms with Crippen molar-refractivity contribution < 1.29 is 14.6 Å². The van der Waals surface area contributed by atoms with Crippen molar-refractivity contribution in [3.8, 4) is 11.5 Å². The van der Waals surface area contributed by atoms with Crippen LogP contribution in [0.15, 0.2) is 18.2 Å². The van der Waals surface area contributed by atoms with Crippen LogP contribution in [0.25, 0.3) is 0 Å². The number of ketones is 1. The number of carbonyl (C=O) groups is 1. The molecule has 0 aliphatic rings. The van der Waals surface area contributed by atoms with Gasteiger partial charge in [-0.1, -0.05) is 0 Å². The summed E-state index contributed by atoms with van der Waals surface area (Å²) in [5.74, 6) is 0.425.